The quantitative estimate of drug-likeness (QED) is 0.627. The van der Waals surface area contributed by atoms with Crippen molar-refractivity contribution in [2.24, 2.45) is 5.92 Å². The van der Waals surface area contributed by atoms with Crippen molar-refractivity contribution in [2.75, 3.05) is 16.0 Å². The van der Waals surface area contributed by atoms with E-state index in [9.17, 15) is 9.59 Å². The molecule has 158 valence electrons. The molecular weight excluding hydrogens is 392 g/mol. The number of hydrogen-bond acceptors (Lipinski definition) is 3. The van der Waals surface area contributed by atoms with E-state index in [0.717, 1.165) is 55.5 Å². The number of carbonyl (C=O) groups excluding carboxylic acids is 2. The summed E-state index contributed by atoms with van der Waals surface area (Å²) in [5, 5.41) is 3.05. The zero-order valence-electron chi connectivity index (χ0n) is 17.6. The predicted molar refractivity (Wildman–Crippen MR) is 125 cm³/mol. The average Bonchev–Trinajstić information content (AvgIpc) is 3.16. The molecule has 1 aliphatic carbocycles. The molecule has 0 spiro atoms. The molecule has 1 N–H and O–H groups in total. The third kappa shape index (κ3) is 4.56. The zero-order valence-corrected chi connectivity index (χ0v) is 18.4. The molecule has 2 aromatic rings. The van der Waals surface area contributed by atoms with Gasteiger partial charge in [0.1, 0.15) is 5.37 Å². The second-order valence-electron chi connectivity index (χ2n) is 8.26. The number of rotatable bonds is 6. The average molecular weight is 423 g/mol. The van der Waals surface area contributed by atoms with E-state index in [1.165, 1.54) is 12.0 Å². The highest BCUT2D eigenvalue weighted by Gasteiger charge is 2.35. The first-order valence-electron chi connectivity index (χ1n) is 11.1. The topological polar surface area (TPSA) is 49.4 Å². The first-order chi connectivity index (χ1) is 14.7. The first kappa shape index (κ1) is 21.0. The van der Waals surface area contributed by atoms with Crippen LogP contribution in [0.25, 0.3) is 0 Å². The lowest BCUT2D eigenvalue weighted by Crippen LogP contribution is -2.29. The van der Waals surface area contributed by atoms with Crippen molar-refractivity contribution in [3.8, 4) is 0 Å². The summed E-state index contributed by atoms with van der Waals surface area (Å²) < 4.78 is 0. The summed E-state index contributed by atoms with van der Waals surface area (Å²) >= 11 is 1.65. The molecule has 5 heteroatoms. The fraction of sp³-hybridized carbons (Fsp3) is 0.440. The molecule has 1 unspecified atom stereocenters. The number of benzene rings is 2. The zero-order chi connectivity index (χ0) is 20.9. The second-order valence-corrected chi connectivity index (χ2v) is 9.32. The summed E-state index contributed by atoms with van der Waals surface area (Å²) in [5.74, 6) is 0.878. The Morgan fingerprint density at radius 3 is 2.70 bits per heavy atom. The molecule has 1 heterocycles. The maximum Gasteiger partial charge on any atom is 0.238 e. The first-order valence-corrected chi connectivity index (χ1v) is 12.1. The van der Waals surface area contributed by atoms with Gasteiger partial charge in [0.25, 0.3) is 0 Å². The summed E-state index contributed by atoms with van der Waals surface area (Å²) in [6.45, 7) is 2.16. The van der Waals surface area contributed by atoms with Crippen molar-refractivity contribution >= 4 is 35.0 Å². The van der Waals surface area contributed by atoms with Gasteiger partial charge in [-0.2, -0.15) is 0 Å². The Morgan fingerprint density at radius 2 is 1.90 bits per heavy atom. The van der Waals surface area contributed by atoms with Gasteiger partial charge < -0.3 is 5.32 Å². The fourth-order valence-electron chi connectivity index (χ4n) is 4.54. The highest BCUT2D eigenvalue weighted by atomic mass is 32.2. The molecule has 1 atom stereocenters. The van der Waals surface area contributed by atoms with Crippen molar-refractivity contribution in [1.29, 1.82) is 0 Å². The van der Waals surface area contributed by atoms with Crippen LogP contribution in [-0.2, 0) is 16.0 Å². The monoisotopic (exact) mass is 422 g/mol. The van der Waals surface area contributed by atoms with Gasteiger partial charge in [0.05, 0.1) is 5.75 Å². The van der Waals surface area contributed by atoms with E-state index >= 15 is 0 Å². The number of nitrogens with one attached hydrogen (secondary N) is 1. The van der Waals surface area contributed by atoms with Crippen LogP contribution >= 0.6 is 11.8 Å². The minimum atomic E-state index is -0.0676. The Balaban J connectivity index is 1.56. The molecular formula is C25H30N2O2S. The number of thioether (sulfide) groups is 1. The highest BCUT2D eigenvalue weighted by Crippen LogP contribution is 2.43. The molecule has 1 saturated carbocycles. The minimum absolute atomic E-state index is 0.0676. The second kappa shape index (κ2) is 9.69. The van der Waals surface area contributed by atoms with Gasteiger partial charge in [0.2, 0.25) is 11.8 Å². The minimum Gasteiger partial charge on any atom is -0.326 e. The van der Waals surface area contributed by atoms with Crippen molar-refractivity contribution in [1.82, 2.24) is 0 Å². The van der Waals surface area contributed by atoms with Gasteiger partial charge in [0, 0.05) is 17.3 Å². The number of hydrogen-bond donors (Lipinski definition) is 1. The van der Waals surface area contributed by atoms with E-state index in [4.69, 9.17) is 0 Å². The van der Waals surface area contributed by atoms with E-state index in [1.54, 1.807) is 11.8 Å². The van der Waals surface area contributed by atoms with Crippen LogP contribution in [0.15, 0.2) is 48.5 Å². The molecule has 1 saturated heterocycles. The lowest BCUT2D eigenvalue weighted by molar-refractivity contribution is -0.120. The third-order valence-electron chi connectivity index (χ3n) is 6.05. The SMILES string of the molecule is CCCc1ccccc1N1C(=O)CSC1c1cccc(NC(=O)C2CCCCC2)c1. The number of nitrogens with zero attached hydrogens (tertiary/aromatic N) is 1. The maximum absolute atomic E-state index is 12.8. The molecule has 1 aliphatic heterocycles. The van der Waals surface area contributed by atoms with Gasteiger partial charge in [-0.15, -0.1) is 11.8 Å². The summed E-state index contributed by atoms with van der Waals surface area (Å²) in [4.78, 5) is 27.4. The standard InChI is InChI=1S/C25H30N2O2S/c1-2-9-18-10-6-7-15-22(18)27-23(28)17-30-25(27)20-13-8-14-21(16-20)26-24(29)19-11-4-3-5-12-19/h6-8,10,13-16,19,25H,2-5,9,11-12,17H2,1H3,(H,26,29). The number of amides is 2. The number of carbonyl (C=O) groups is 2. The van der Waals surface area contributed by atoms with Gasteiger partial charge in [0.15, 0.2) is 0 Å². The van der Waals surface area contributed by atoms with Crippen molar-refractivity contribution in [2.45, 2.75) is 57.2 Å². The molecule has 2 amide bonds. The molecule has 30 heavy (non-hydrogen) atoms. The summed E-state index contributed by atoms with van der Waals surface area (Å²) in [6.07, 6.45) is 7.49. The van der Waals surface area contributed by atoms with Crippen molar-refractivity contribution < 1.29 is 9.59 Å². The van der Waals surface area contributed by atoms with Crippen molar-refractivity contribution in [3.05, 3.63) is 59.7 Å². The van der Waals surface area contributed by atoms with Crippen LogP contribution < -0.4 is 10.2 Å². The largest absolute Gasteiger partial charge is 0.326 e. The molecule has 4 rings (SSSR count). The Bertz CT molecular complexity index is 908. The number of anilines is 2. The van der Waals surface area contributed by atoms with Crippen LogP contribution in [0.1, 0.15) is 61.9 Å². The van der Waals surface area contributed by atoms with Gasteiger partial charge in [-0.05, 0) is 48.6 Å². The Labute approximate surface area is 183 Å². The molecule has 2 aliphatic rings. The maximum atomic E-state index is 12.8. The molecule has 0 bridgehead atoms. The number of para-hydroxylation sites is 1. The molecule has 0 aromatic heterocycles. The van der Waals surface area contributed by atoms with Gasteiger partial charge in [-0.25, -0.2) is 0 Å². The normalized spacial score (nSPS) is 19.8. The van der Waals surface area contributed by atoms with Crippen LogP contribution in [0.2, 0.25) is 0 Å². The number of aryl methyl sites for hydroxylation is 1. The summed E-state index contributed by atoms with van der Waals surface area (Å²) in [7, 11) is 0. The van der Waals surface area contributed by atoms with Gasteiger partial charge in [-0.3, -0.25) is 14.5 Å². The third-order valence-corrected chi connectivity index (χ3v) is 7.27. The van der Waals surface area contributed by atoms with Crippen LogP contribution in [0.3, 0.4) is 0 Å². The van der Waals surface area contributed by atoms with E-state index < -0.39 is 0 Å². The van der Waals surface area contributed by atoms with Crippen LogP contribution in [0.5, 0.6) is 0 Å². The van der Waals surface area contributed by atoms with Crippen LogP contribution in [-0.4, -0.2) is 17.6 Å². The molecule has 0 radical (unpaired) electrons. The Hall–Kier alpha value is -2.27. The lowest BCUT2D eigenvalue weighted by Gasteiger charge is -2.27. The fourth-order valence-corrected chi connectivity index (χ4v) is 5.70. The molecule has 2 aromatic carbocycles. The Kier molecular flexibility index (Phi) is 6.78. The van der Waals surface area contributed by atoms with E-state index in [-0.39, 0.29) is 23.1 Å². The van der Waals surface area contributed by atoms with Crippen molar-refractivity contribution in [3.63, 3.8) is 0 Å². The van der Waals surface area contributed by atoms with Crippen LogP contribution in [0, 0.1) is 5.92 Å². The summed E-state index contributed by atoms with van der Waals surface area (Å²) in [6, 6.07) is 16.2. The van der Waals surface area contributed by atoms with Crippen LogP contribution in [0.4, 0.5) is 11.4 Å². The van der Waals surface area contributed by atoms with Gasteiger partial charge >= 0.3 is 0 Å². The van der Waals surface area contributed by atoms with E-state index in [0.29, 0.717) is 5.75 Å². The lowest BCUT2D eigenvalue weighted by atomic mass is 9.88. The molecule has 4 nitrogen and oxygen atoms in total. The smallest absolute Gasteiger partial charge is 0.238 e. The highest BCUT2D eigenvalue weighted by molar-refractivity contribution is 8.00. The Morgan fingerprint density at radius 1 is 1.10 bits per heavy atom. The molecule has 2 fully saturated rings. The summed E-state index contributed by atoms with van der Waals surface area (Å²) in [5.41, 5.74) is 4.10. The predicted octanol–water partition coefficient (Wildman–Crippen LogP) is 5.94. The van der Waals surface area contributed by atoms with E-state index in [2.05, 4.69) is 30.4 Å². The van der Waals surface area contributed by atoms with E-state index in [1.807, 2.05) is 35.2 Å². The van der Waals surface area contributed by atoms with Gasteiger partial charge in [-0.1, -0.05) is 62.9 Å².